The largest absolute Gasteiger partial charge is 0.325 e. The molecule has 28 heavy (non-hydrogen) atoms. The summed E-state index contributed by atoms with van der Waals surface area (Å²) in [7, 11) is 0. The summed E-state index contributed by atoms with van der Waals surface area (Å²) in [5.41, 5.74) is 0.879. The van der Waals surface area contributed by atoms with Crippen molar-refractivity contribution in [3.63, 3.8) is 0 Å². The molecule has 7 heteroatoms. The van der Waals surface area contributed by atoms with Crippen molar-refractivity contribution in [2.45, 2.75) is 32.7 Å². The number of hydrogen-bond acceptors (Lipinski definition) is 3. The minimum absolute atomic E-state index is 0.126. The molecule has 1 unspecified atom stereocenters. The Hall–Kier alpha value is -2.25. The lowest BCUT2D eigenvalue weighted by atomic mass is 10.2. The number of carbonyl (C=O) groups is 2. The average molecular weight is 450 g/mol. The minimum Gasteiger partial charge on any atom is -0.325 e. The molecule has 0 radical (unpaired) electrons. The van der Waals surface area contributed by atoms with Crippen molar-refractivity contribution >= 4 is 39.1 Å². The first-order chi connectivity index (χ1) is 13.4. The summed E-state index contributed by atoms with van der Waals surface area (Å²) in [5.74, 6) is -0.916. The lowest BCUT2D eigenvalue weighted by Gasteiger charge is -2.27. The summed E-state index contributed by atoms with van der Waals surface area (Å²) in [6, 6.07) is 13.3. The molecule has 2 amide bonds. The number of hydrogen-bond donors (Lipinski definition) is 2. The van der Waals surface area contributed by atoms with E-state index in [0.717, 1.165) is 12.1 Å². The summed E-state index contributed by atoms with van der Waals surface area (Å²) in [5, 5.41) is 5.47. The van der Waals surface area contributed by atoms with Gasteiger partial charge in [-0.25, -0.2) is 4.39 Å². The van der Waals surface area contributed by atoms with Gasteiger partial charge >= 0.3 is 0 Å². The van der Waals surface area contributed by atoms with Gasteiger partial charge in [0.1, 0.15) is 5.82 Å². The smallest absolute Gasteiger partial charge is 0.241 e. The van der Waals surface area contributed by atoms with E-state index in [0.29, 0.717) is 17.6 Å². The van der Waals surface area contributed by atoms with Crippen molar-refractivity contribution in [2.24, 2.45) is 0 Å². The summed E-state index contributed by atoms with van der Waals surface area (Å²) < 4.78 is 14.5. The third-order valence-corrected chi connectivity index (χ3v) is 4.80. The van der Waals surface area contributed by atoms with Gasteiger partial charge in [0, 0.05) is 23.1 Å². The lowest BCUT2D eigenvalue weighted by Crippen LogP contribution is -2.43. The van der Waals surface area contributed by atoms with Gasteiger partial charge in [-0.3, -0.25) is 14.5 Å². The second-order valence-electron chi connectivity index (χ2n) is 6.49. The van der Waals surface area contributed by atoms with Gasteiger partial charge in [-0.15, -0.1) is 0 Å². The number of para-hydroxylation sites is 1. The molecule has 2 N–H and O–H groups in total. The Balaban J connectivity index is 1.91. The van der Waals surface area contributed by atoms with Crippen LogP contribution in [0.3, 0.4) is 0 Å². The molecule has 1 atom stereocenters. The summed E-state index contributed by atoms with van der Waals surface area (Å²) in [6.45, 7) is 4.93. The fourth-order valence-corrected chi connectivity index (χ4v) is 3.10. The van der Waals surface area contributed by atoms with Crippen LogP contribution in [0.4, 0.5) is 15.8 Å². The van der Waals surface area contributed by atoms with Gasteiger partial charge in [0.15, 0.2) is 0 Å². The summed E-state index contributed by atoms with van der Waals surface area (Å²) >= 11 is 3.19. The quantitative estimate of drug-likeness (QED) is 0.585. The van der Waals surface area contributed by atoms with Crippen LogP contribution in [0.1, 0.15) is 26.7 Å². The monoisotopic (exact) mass is 449 g/mol. The van der Waals surface area contributed by atoms with Crippen LogP contribution in [0.2, 0.25) is 0 Å². The number of nitrogens with zero attached hydrogens (tertiary/aromatic N) is 1. The number of nitrogens with one attached hydrogen (secondary N) is 2. The van der Waals surface area contributed by atoms with E-state index in [1.54, 1.807) is 6.07 Å². The zero-order valence-electron chi connectivity index (χ0n) is 16.0. The van der Waals surface area contributed by atoms with Crippen molar-refractivity contribution in [1.29, 1.82) is 0 Å². The second-order valence-corrected chi connectivity index (χ2v) is 7.41. The Labute approximate surface area is 173 Å². The molecule has 0 heterocycles. The normalized spacial score (nSPS) is 11.9. The van der Waals surface area contributed by atoms with Crippen LogP contribution in [0, 0.1) is 5.82 Å². The van der Waals surface area contributed by atoms with Crippen molar-refractivity contribution in [3.05, 3.63) is 58.8 Å². The maximum atomic E-state index is 13.9. The fraction of sp³-hybridized carbons (Fsp3) is 0.333. The highest BCUT2D eigenvalue weighted by Gasteiger charge is 2.21. The molecule has 0 aliphatic rings. The molecular formula is C21H25BrFN3O2. The van der Waals surface area contributed by atoms with Crippen molar-refractivity contribution < 1.29 is 14.0 Å². The zero-order valence-corrected chi connectivity index (χ0v) is 17.6. The minimum atomic E-state index is -0.497. The molecule has 2 aromatic carbocycles. The summed E-state index contributed by atoms with van der Waals surface area (Å²) in [4.78, 5) is 26.7. The van der Waals surface area contributed by atoms with Crippen LogP contribution in [0.5, 0.6) is 0 Å². The predicted octanol–water partition coefficient (Wildman–Crippen LogP) is 4.66. The van der Waals surface area contributed by atoms with E-state index in [1.807, 2.05) is 49.1 Å². The van der Waals surface area contributed by atoms with E-state index >= 15 is 0 Å². The van der Waals surface area contributed by atoms with Crippen LogP contribution >= 0.6 is 15.9 Å². The van der Waals surface area contributed by atoms with Crippen molar-refractivity contribution in [1.82, 2.24) is 4.90 Å². The van der Waals surface area contributed by atoms with E-state index in [9.17, 15) is 14.0 Å². The Morgan fingerprint density at radius 3 is 2.46 bits per heavy atom. The first-order valence-corrected chi connectivity index (χ1v) is 10.0. The van der Waals surface area contributed by atoms with E-state index in [-0.39, 0.29) is 23.9 Å². The molecule has 0 bridgehead atoms. The maximum Gasteiger partial charge on any atom is 0.241 e. The first kappa shape index (κ1) is 22.0. The van der Waals surface area contributed by atoms with Crippen LogP contribution in [0.15, 0.2) is 53.0 Å². The van der Waals surface area contributed by atoms with Crippen molar-refractivity contribution in [3.8, 4) is 0 Å². The topological polar surface area (TPSA) is 61.4 Å². The Morgan fingerprint density at radius 2 is 1.82 bits per heavy atom. The van der Waals surface area contributed by atoms with Gasteiger partial charge in [0.05, 0.1) is 11.7 Å². The van der Waals surface area contributed by atoms with Gasteiger partial charge < -0.3 is 10.6 Å². The van der Waals surface area contributed by atoms with Gasteiger partial charge in [-0.2, -0.15) is 0 Å². The predicted molar refractivity (Wildman–Crippen MR) is 114 cm³/mol. The Morgan fingerprint density at radius 1 is 1.11 bits per heavy atom. The molecule has 0 aliphatic heterocycles. The Bertz CT molecular complexity index is 801. The molecule has 0 fully saturated rings. The van der Waals surface area contributed by atoms with E-state index < -0.39 is 11.9 Å². The number of benzene rings is 2. The van der Waals surface area contributed by atoms with Gasteiger partial charge in [-0.05, 0) is 50.2 Å². The molecule has 0 aliphatic carbocycles. The van der Waals surface area contributed by atoms with Crippen molar-refractivity contribution in [2.75, 3.05) is 23.7 Å². The SMILES string of the molecule is CCCN(CCC(=O)Nc1ccc(Br)cc1F)C(C)C(=O)Nc1ccccc1. The molecule has 0 saturated carbocycles. The molecule has 2 aromatic rings. The molecule has 2 rings (SSSR count). The number of halogens is 2. The summed E-state index contributed by atoms with van der Waals surface area (Å²) in [6.07, 6.45) is 1.02. The first-order valence-electron chi connectivity index (χ1n) is 9.25. The third-order valence-electron chi connectivity index (χ3n) is 4.31. The van der Waals surface area contributed by atoms with E-state index in [1.165, 1.54) is 12.1 Å². The maximum absolute atomic E-state index is 13.9. The highest BCUT2D eigenvalue weighted by molar-refractivity contribution is 9.10. The molecular weight excluding hydrogens is 425 g/mol. The van der Waals surface area contributed by atoms with Crippen LogP contribution in [0.25, 0.3) is 0 Å². The van der Waals surface area contributed by atoms with Crippen LogP contribution in [-0.2, 0) is 9.59 Å². The molecule has 0 aromatic heterocycles. The van der Waals surface area contributed by atoms with E-state index in [4.69, 9.17) is 0 Å². The highest BCUT2D eigenvalue weighted by atomic mass is 79.9. The third kappa shape index (κ3) is 6.73. The molecule has 0 spiro atoms. The number of amides is 2. The molecule has 0 saturated heterocycles. The standard InChI is InChI=1S/C21H25BrFN3O2/c1-3-12-26(15(2)21(28)24-17-7-5-4-6-8-17)13-11-20(27)25-19-10-9-16(22)14-18(19)23/h4-10,14-15H,3,11-13H2,1-2H3,(H,24,28)(H,25,27). The number of carbonyl (C=O) groups excluding carboxylic acids is 2. The fourth-order valence-electron chi connectivity index (χ4n) is 2.77. The number of rotatable bonds is 9. The van der Waals surface area contributed by atoms with Gasteiger partial charge in [0.2, 0.25) is 11.8 Å². The van der Waals surface area contributed by atoms with Crippen LogP contribution < -0.4 is 10.6 Å². The van der Waals surface area contributed by atoms with E-state index in [2.05, 4.69) is 26.6 Å². The Kier molecular flexibility index (Phi) is 8.60. The van der Waals surface area contributed by atoms with Crippen LogP contribution in [-0.4, -0.2) is 35.8 Å². The number of anilines is 2. The average Bonchev–Trinajstić information content (AvgIpc) is 2.67. The highest BCUT2D eigenvalue weighted by Crippen LogP contribution is 2.19. The van der Waals surface area contributed by atoms with Gasteiger partial charge in [-0.1, -0.05) is 41.1 Å². The van der Waals surface area contributed by atoms with Gasteiger partial charge in [0.25, 0.3) is 0 Å². The molecule has 5 nitrogen and oxygen atoms in total. The lowest BCUT2D eigenvalue weighted by molar-refractivity contribution is -0.122. The zero-order chi connectivity index (χ0) is 20.5. The second kappa shape index (κ2) is 10.9. The molecule has 150 valence electrons.